The summed E-state index contributed by atoms with van der Waals surface area (Å²) in [7, 11) is 0. The molecule has 4 aromatic rings. The molecule has 0 aliphatic rings. The molecule has 3 aromatic heterocycles. The van der Waals surface area contributed by atoms with Crippen LogP contribution in [0.4, 0.5) is 5.69 Å². The molecule has 0 aliphatic heterocycles. The van der Waals surface area contributed by atoms with Gasteiger partial charge in [-0.1, -0.05) is 39.3 Å². The fourth-order valence-corrected chi connectivity index (χ4v) is 4.62. The third-order valence-corrected chi connectivity index (χ3v) is 6.56. The van der Waals surface area contributed by atoms with Gasteiger partial charge in [-0.3, -0.25) is 14.2 Å². The summed E-state index contributed by atoms with van der Waals surface area (Å²) < 4.78 is 4.62. The van der Waals surface area contributed by atoms with E-state index in [1.54, 1.807) is 16.0 Å². The minimum atomic E-state index is -0.434. The maximum Gasteiger partial charge on any atom is 0.352 e. The van der Waals surface area contributed by atoms with E-state index >= 15 is 0 Å². The number of benzene rings is 1. The molecular weight excluding hydrogens is 438 g/mol. The summed E-state index contributed by atoms with van der Waals surface area (Å²) in [5, 5.41) is 9.00. The molecule has 4 rings (SSSR count). The van der Waals surface area contributed by atoms with Crippen molar-refractivity contribution >= 4 is 38.9 Å². The average Bonchev–Trinajstić information content (AvgIpc) is 3.38. The molecule has 0 fully saturated rings. The summed E-state index contributed by atoms with van der Waals surface area (Å²) in [5.74, 6) is 0.313. The van der Waals surface area contributed by atoms with Crippen LogP contribution < -0.4 is 16.6 Å². The molecule has 0 saturated carbocycles. The van der Waals surface area contributed by atoms with Gasteiger partial charge >= 0.3 is 5.69 Å². The fourth-order valence-electron chi connectivity index (χ4n) is 3.80. The Balaban J connectivity index is 1.62. The van der Waals surface area contributed by atoms with E-state index in [0.29, 0.717) is 28.4 Å². The van der Waals surface area contributed by atoms with Crippen LogP contribution in [0.1, 0.15) is 45.6 Å². The second-order valence-corrected chi connectivity index (χ2v) is 9.61. The number of hydrogen-bond acceptors (Lipinski definition) is 5. The Kier molecular flexibility index (Phi) is 6.78. The quantitative estimate of drug-likeness (QED) is 0.404. The zero-order chi connectivity index (χ0) is 23.5. The topological polar surface area (TPSA) is 90.4 Å². The van der Waals surface area contributed by atoms with Crippen LogP contribution in [-0.2, 0) is 24.3 Å². The predicted octanol–water partition coefficient (Wildman–Crippen LogP) is 3.90. The molecule has 174 valence electrons. The normalized spacial score (nSPS) is 11.6. The van der Waals surface area contributed by atoms with Crippen LogP contribution in [0.2, 0.25) is 0 Å². The number of nitrogens with one attached hydrogen (secondary N) is 1. The highest BCUT2D eigenvalue weighted by Crippen LogP contribution is 2.18. The lowest BCUT2D eigenvalue weighted by Crippen LogP contribution is -2.29. The molecule has 0 bridgehead atoms. The van der Waals surface area contributed by atoms with Gasteiger partial charge in [-0.15, -0.1) is 16.4 Å². The third kappa shape index (κ3) is 4.78. The van der Waals surface area contributed by atoms with Gasteiger partial charge in [-0.05, 0) is 54.3 Å². The van der Waals surface area contributed by atoms with Gasteiger partial charge in [0.15, 0.2) is 0 Å². The van der Waals surface area contributed by atoms with Crippen molar-refractivity contribution in [3.8, 4) is 0 Å². The Hall–Kier alpha value is -3.20. The Bertz CT molecular complexity index is 1390. The minimum Gasteiger partial charge on any atom is -0.324 e. The highest BCUT2D eigenvalue weighted by Gasteiger charge is 2.19. The van der Waals surface area contributed by atoms with E-state index in [-0.39, 0.29) is 23.8 Å². The zero-order valence-electron chi connectivity index (χ0n) is 19.2. The van der Waals surface area contributed by atoms with Crippen molar-refractivity contribution in [2.24, 2.45) is 5.92 Å². The number of amides is 1. The summed E-state index contributed by atoms with van der Waals surface area (Å²) in [6.07, 6.45) is 4.05. The molecule has 0 saturated heterocycles. The number of fused-ring (bicyclic) bond motifs is 3. The monoisotopic (exact) mass is 467 g/mol. The molecule has 0 aliphatic carbocycles. The third-order valence-electron chi connectivity index (χ3n) is 5.67. The van der Waals surface area contributed by atoms with Gasteiger partial charge in [0.1, 0.15) is 11.2 Å². The molecule has 0 spiro atoms. The number of nitrogens with zero attached hydrogens (tertiary/aromatic N) is 4. The molecule has 0 radical (unpaired) electrons. The van der Waals surface area contributed by atoms with Crippen LogP contribution in [0.3, 0.4) is 0 Å². The fraction of sp³-hybridized carbons (Fsp3) is 0.417. The van der Waals surface area contributed by atoms with E-state index in [1.807, 2.05) is 24.3 Å². The molecule has 0 unspecified atom stereocenters. The average molecular weight is 468 g/mol. The van der Waals surface area contributed by atoms with Crippen molar-refractivity contribution in [1.82, 2.24) is 18.7 Å². The van der Waals surface area contributed by atoms with Gasteiger partial charge < -0.3 is 5.32 Å². The van der Waals surface area contributed by atoms with Crippen LogP contribution in [0, 0.1) is 5.92 Å². The highest BCUT2D eigenvalue weighted by molar-refractivity contribution is 7.17. The number of carbonyl (C=O) groups excluding carboxylic acids is 1. The van der Waals surface area contributed by atoms with Crippen molar-refractivity contribution in [3.63, 3.8) is 0 Å². The van der Waals surface area contributed by atoms with Gasteiger partial charge in [0.05, 0.1) is 5.52 Å². The first kappa shape index (κ1) is 23.0. The van der Waals surface area contributed by atoms with E-state index in [9.17, 15) is 14.4 Å². The molecular formula is C24H29N5O3S. The first-order valence-corrected chi connectivity index (χ1v) is 12.3. The van der Waals surface area contributed by atoms with Crippen LogP contribution in [0.5, 0.6) is 0 Å². The van der Waals surface area contributed by atoms with Crippen LogP contribution in [0.15, 0.2) is 45.3 Å². The lowest BCUT2D eigenvalue weighted by molar-refractivity contribution is -0.117. The Morgan fingerprint density at radius 2 is 1.91 bits per heavy atom. The second kappa shape index (κ2) is 9.74. The van der Waals surface area contributed by atoms with Crippen LogP contribution in [-0.4, -0.2) is 24.7 Å². The van der Waals surface area contributed by atoms with Crippen LogP contribution in [0.25, 0.3) is 16.0 Å². The molecule has 3 heterocycles. The zero-order valence-corrected chi connectivity index (χ0v) is 20.0. The Morgan fingerprint density at radius 3 is 2.61 bits per heavy atom. The van der Waals surface area contributed by atoms with Gasteiger partial charge in [0.25, 0.3) is 5.56 Å². The lowest BCUT2D eigenvalue weighted by Gasteiger charge is -2.09. The largest absolute Gasteiger partial charge is 0.352 e. The molecule has 1 amide bonds. The van der Waals surface area contributed by atoms with E-state index in [1.165, 1.54) is 21.3 Å². The van der Waals surface area contributed by atoms with E-state index in [0.717, 1.165) is 30.4 Å². The Labute approximate surface area is 195 Å². The first-order chi connectivity index (χ1) is 15.9. The van der Waals surface area contributed by atoms with Crippen molar-refractivity contribution < 1.29 is 4.79 Å². The Morgan fingerprint density at radius 1 is 1.15 bits per heavy atom. The predicted molar refractivity (Wildman–Crippen MR) is 132 cm³/mol. The smallest absolute Gasteiger partial charge is 0.324 e. The van der Waals surface area contributed by atoms with Crippen molar-refractivity contribution in [2.75, 3.05) is 5.32 Å². The molecule has 1 N–H and O–H groups in total. The van der Waals surface area contributed by atoms with E-state index < -0.39 is 5.69 Å². The van der Waals surface area contributed by atoms with Crippen molar-refractivity contribution in [3.05, 3.63) is 62.1 Å². The van der Waals surface area contributed by atoms with Crippen molar-refractivity contribution in [1.29, 1.82) is 0 Å². The minimum absolute atomic E-state index is 0.155. The standard InChI is InChI=1S/C24H29N5O3S/c1-4-5-6-17-7-9-18(10-8-17)25-20(30)15-28-24(32)29-19-12-14-33-21(19)22(31)27(23(29)26-28)13-11-16(2)3/h7-10,12,14,16H,4-6,11,13,15H2,1-3H3,(H,25,30). The van der Waals surface area contributed by atoms with Gasteiger partial charge in [-0.25, -0.2) is 13.9 Å². The molecule has 9 heteroatoms. The number of hydrogen-bond donors (Lipinski definition) is 1. The number of rotatable bonds is 9. The van der Waals surface area contributed by atoms with Crippen molar-refractivity contribution in [2.45, 2.75) is 59.5 Å². The molecule has 8 nitrogen and oxygen atoms in total. The number of anilines is 1. The van der Waals surface area contributed by atoms with Gasteiger partial charge in [0.2, 0.25) is 11.7 Å². The summed E-state index contributed by atoms with van der Waals surface area (Å²) in [5.41, 5.74) is 1.84. The number of aromatic nitrogens is 4. The number of unbranched alkanes of at least 4 members (excludes halogenated alkanes) is 1. The first-order valence-electron chi connectivity index (χ1n) is 11.4. The van der Waals surface area contributed by atoms with Gasteiger partial charge in [-0.2, -0.15) is 0 Å². The summed E-state index contributed by atoms with van der Waals surface area (Å²) >= 11 is 1.31. The molecule has 0 atom stereocenters. The number of thiophene rings is 1. The lowest BCUT2D eigenvalue weighted by atomic mass is 10.1. The maximum absolute atomic E-state index is 13.1. The highest BCUT2D eigenvalue weighted by atomic mass is 32.1. The number of aryl methyl sites for hydroxylation is 2. The summed E-state index contributed by atoms with van der Waals surface area (Å²) in [6, 6.07) is 9.49. The summed E-state index contributed by atoms with van der Waals surface area (Å²) in [6.45, 7) is 6.54. The number of carbonyl (C=O) groups is 1. The van der Waals surface area contributed by atoms with Gasteiger partial charge in [0, 0.05) is 12.2 Å². The second-order valence-electron chi connectivity index (χ2n) is 8.70. The maximum atomic E-state index is 13.1. The molecule has 1 aromatic carbocycles. The van der Waals surface area contributed by atoms with E-state index in [2.05, 4.69) is 31.2 Å². The van der Waals surface area contributed by atoms with Crippen LogP contribution >= 0.6 is 11.3 Å². The SMILES string of the molecule is CCCCc1ccc(NC(=O)Cn2nc3n(CCC(C)C)c(=O)c4sccc4n3c2=O)cc1. The molecule has 33 heavy (non-hydrogen) atoms. The van der Waals surface area contributed by atoms with E-state index in [4.69, 9.17) is 0 Å². The summed E-state index contributed by atoms with van der Waals surface area (Å²) in [4.78, 5) is 38.8.